The molecular formula is C25H32N2O3. The monoisotopic (exact) mass is 408 g/mol. The van der Waals surface area contributed by atoms with Crippen molar-refractivity contribution in [1.29, 1.82) is 0 Å². The normalized spacial score (nSPS) is 15.0. The molecule has 1 saturated heterocycles. The SMILES string of the molecule is COc1cc(/C=C/C(=O)N2CCN(Cc3ccccc3C)CC2)ccc1OC(C)C. The van der Waals surface area contributed by atoms with E-state index < -0.39 is 0 Å². The fourth-order valence-corrected chi connectivity index (χ4v) is 3.57. The highest BCUT2D eigenvalue weighted by atomic mass is 16.5. The first-order valence-corrected chi connectivity index (χ1v) is 10.5. The summed E-state index contributed by atoms with van der Waals surface area (Å²) < 4.78 is 11.2. The molecule has 30 heavy (non-hydrogen) atoms. The highest BCUT2D eigenvalue weighted by molar-refractivity contribution is 5.92. The summed E-state index contributed by atoms with van der Waals surface area (Å²) in [5, 5.41) is 0. The minimum absolute atomic E-state index is 0.0482. The third-order valence-electron chi connectivity index (χ3n) is 5.31. The molecule has 1 heterocycles. The number of ether oxygens (including phenoxy) is 2. The Hall–Kier alpha value is -2.79. The number of benzene rings is 2. The molecule has 2 aromatic carbocycles. The zero-order chi connectivity index (χ0) is 21.5. The molecule has 2 aromatic rings. The zero-order valence-electron chi connectivity index (χ0n) is 18.4. The highest BCUT2D eigenvalue weighted by Gasteiger charge is 2.20. The van der Waals surface area contributed by atoms with Crippen LogP contribution in [-0.4, -0.2) is 55.1 Å². The first-order valence-electron chi connectivity index (χ1n) is 10.5. The van der Waals surface area contributed by atoms with Gasteiger partial charge in [0.15, 0.2) is 11.5 Å². The summed E-state index contributed by atoms with van der Waals surface area (Å²) in [6.07, 6.45) is 3.56. The van der Waals surface area contributed by atoms with Crippen molar-refractivity contribution in [3.8, 4) is 11.5 Å². The Kier molecular flexibility index (Phi) is 7.52. The van der Waals surface area contributed by atoms with E-state index in [1.807, 2.05) is 43.0 Å². The van der Waals surface area contributed by atoms with Gasteiger partial charge in [-0.2, -0.15) is 0 Å². The topological polar surface area (TPSA) is 42.0 Å². The Balaban J connectivity index is 1.54. The molecule has 3 rings (SSSR count). The Bertz CT molecular complexity index is 884. The van der Waals surface area contributed by atoms with E-state index in [1.54, 1.807) is 13.2 Å². The molecule has 0 spiro atoms. The van der Waals surface area contributed by atoms with Crippen molar-refractivity contribution in [3.05, 3.63) is 65.2 Å². The van der Waals surface area contributed by atoms with Gasteiger partial charge in [-0.3, -0.25) is 9.69 Å². The Labute approximate surface area is 179 Å². The van der Waals surface area contributed by atoms with Crippen LogP contribution in [0.1, 0.15) is 30.5 Å². The van der Waals surface area contributed by atoms with Crippen LogP contribution in [0.2, 0.25) is 0 Å². The van der Waals surface area contributed by atoms with Crippen molar-refractivity contribution >= 4 is 12.0 Å². The van der Waals surface area contributed by atoms with Gasteiger partial charge in [0.2, 0.25) is 5.91 Å². The fraction of sp³-hybridized carbons (Fsp3) is 0.400. The number of nitrogens with zero attached hydrogens (tertiary/aromatic N) is 2. The van der Waals surface area contributed by atoms with Crippen LogP contribution in [0.15, 0.2) is 48.5 Å². The Morgan fingerprint density at radius 1 is 1.07 bits per heavy atom. The maximum atomic E-state index is 12.6. The largest absolute Gasteiger partial charge is 0.493 e. The molecule has 1 aliphatic heterocycles. The lowest BCUT2D eigenvalue weighted by atomic mass is 10.1. The summed E-state index contributed by atoms with van der Waals surface area (Å²) in [4.78, 5) is 16.9. The van der Waals surface area contributed by atoms with Gasteiger partial charge >= 0.3 is 0 Å². The van der Waals surface area contributed by atoms with E-state index in [-0.39, 0.29) is 12.0 Å². The van der Waals surface area contributed by atoms with Gasteiger partial charge in [0.1, 0.15) is 0 Å². The minimum Gasteiger partial charge on any atom is -0.493 e. The maximum absolute atomic E-state index is 12.6. The molecule has 5 nitrogen and oxygen atoms in total. The van der Waals surface area contributed by atoms with Crippen LogP contribution in [0.25, 0.3) is 6.08 Å². The van der Waals surface area contributed by atoms with E-state index in [4.69, 9.17) is 9.47 Å². The molecule has 1 aliphatic rings. The summed E-state index contributed by atoms with van der Waals surface area (Å²) in [7, 11) is 1.62. The van der Waals surface area contributed by atoms with Gasteiger partial charge in [-0.05, 0) is 55.7 Å². The van der Waals surface area contributed by atoms with Crippen molar-refractivity contribution in [2.75, 3.05) is 33.3 Å². The molecule has 5 heteroatoms. The minimum atomic E-state index is 0.0482. The molecule has 1 amide bonds. The number of hydrogen-bond acceptors (Lipinski definition) is 4. The van der Waals surface area contributed by atoms with E-state index in [0.717, 1.165) is 38.3 Å². The fourth-order valence-electron chi connectivity index (χ4n) is 3.57. The second-order valence-corrected chi connectivity index (χ2v) is 7.94. The van der Waals surface area contributed by atoms with Gasteiger partial charge in [-0.15, -0.1) is 0 Å². The van der Waals surface area contributed by atoms with E-state index in [1.165, 1.54) is 11.1 Å². The van der Waals surface area contributed by atoms with Crippen LogP contribution < -0.4 is 9.47 Å². The predicted molar refractivity (Wildman–Crippen MR) is 121 cm³/mol. The third-order valence-corrected chi connectivity index (χ3v) is 5.31. The first-order chi connectivity index (χ1) is 14.5. The molecule has 0 bridgehead atoms. The quantitative estimate of drug-likeness (QED) is 0.646. The lowest BCUT2D eigenvalue weighted by Crippen LogP contribution is -2.47. The van der Waals surface area contributed by atoms with Gasteiger partial charge in [0.05, 0.1) is 13.2 Å². The lowest BCUT2D eigenvalue weighted by molar-refractivity contribution is -0.127. The van der Waals surface area contributed by atoms with E-state index >= 15 is 0 Å². The maximum Gasteiger partial charge on any atom is 0.246 e. The molecule has 160 valence electrons. The molecule has 0 aromatic heterocycles. The van der Waals surface area contributed by atoms with Crippen LogP contribution in [-0.2, 0) is 11.3 Å². The molecule has 0 aliphatic carbocycles. The van der Waals surface area contributed by atoms with Crippen LogP contribution >= 0.6 is 0 Å². The number of carbonyl (C=O) groups excluding carboxylic acids is 1. The lowest BCUT2D eigenvalue weighted by Gasteiger charge is -2.34. The van der Waals surface area contributed by atoms with E-state index in [2.05, 4.69) is 36.1 Å². The summed E-state index contributed by atoms with van der Waals surface area (Å²) >= 11 is 0. The molecular weight excluding hydrogens is 376 g/mol. The number of carbonyl (C=O) groups is 1. The van der Waals surface area contributed by atoms with Crippen LogP contribution in [0, 0.1) is 6.92 Å². The second-order valence-electron chi connectivity index (χ2n) is 7.94. The third kappa shape index (κ3) is 5.86. The first kappa shape index (κ1) is 21.9. The molecule has 0 radical (unpaired) electrons. The smallest absolute Gasteiger partial charge is 0.246 e. The summed E-state index contributed by atoms with van der Waals surface area (Å²) in [6, 6.07) is 14.2. The van der Waals surface area contributed by atoms with Crippen molar-refractivity contribution < 1.29 is 14.3 Å². The number of aryl methyl sites for hydroxylation is 1. The summed E-state index contributed by atoms with van der Waals surface area (Å²) in [5.41, 5.74) is 3.59. The summed E-state index contributed by atoms with van der Waals surface area (Å²) in [6.45, 7) is 10.3. The Morgan fingerprint density at radius 3 is 2.47 bits per heavy atom. The van der Waals surface area contributed by atoms with Crippen LogP contribution in [0.3, 0.4) is 0 Å². The molecule has 0 unspecified atom stereocenters. The van der Waals surface area contributed by atoms with Gasteiger partial charge < -0.3 is 14.4 Å². The standard InChI is InChI=1S/C25H32N2O3/c1-19(2)30-23-11-9-21(17-24(23)29-4)10-12-25(28)27-15-13-26(14-16-27)18-22-8-6-5-7-20(22)3/h5-12,17,19H,13-16,18H2,1-4H3/b12-10+. The molecule has 0 saturated carbocycles. The number of methoxy groups -OCH3 is 1. The van der Waals surface area contributed by atoms with Gasteiger partial charge in [-0.1, -0.05) is 30.3 Å². The van der Waals surface area contributed by atoms with Gasteiger partial charge in [0, 0.05) is 38.8 Å². The van der Waals surface area contributed by atoms with Gasteiger partial charge in [-0.25, -0.2) is 0 Å². The van der Waals surface area contributed by atoms with E-state index in [0.29, 0.717) is 11.5 Å². The van der Waals surface area contributed by atoms with Crippen molar-refractivity contribution in [2.45, 2.75) is 33.4 Å². The number of piperazine rings is 1. The van der Waals surface area contributed by atoms with Crippen LogP contribution in [0.4, 0.5) is 0 Å². The predicted octanol–water partition coefficient (Wildman–Crippen LogP) is 4.15. The van der Waals surface area contributed by atoms with Crippen molar-refractivity contribution in [3.63, 3.8) is 0 Å². The highest BCUT2D eigenvalue weighted by Crippen LogP contribution is 2.29. The number of amides is 1. The second kappa shape index (κ2) is 10.3. The van der Waals surface area contributed by atoms with E-state index in [9.17, 15) is 4.79 Å². The van der Waals surface area contributed by atoms with Crippen molar-refractivity contribution in [2.24, 2.45) is 0 Å². The number of hydrogen-bond donors (Lipinski definition) is 0. The van der Waals surface area contributed by atoms with Crippen LogP contribution in [0.5, 0.6) is 11.5 Å². The molecule has 0 N–H and O–H groups in total. The van der Waals surface area contributed by atoms with Crippen molar-refractivity contribution in [1.82, 2.24) is 9.80 Å². The Morgan fingerprint density at radius 2 is 1.80 bits per heavy atom. The molecule has 1 fully saturated rings. The summed E-state index contributed by atoms with van der Waals surface area (Å²) in [5.74, 6) is 1.43. The molecule has 0 atom stereocenters. The van der Waals surface area contributed by atoms with Gasteiger partial charge in [0.25, 0.3) is 0 Å². The average molecular weight is 409 g/mol. The number of rotatable bonds is 7. The zero-order valence-corrected chi connectivity index (χ0v) is 18.4. The average Bonchev–Trinajstić information content (AvgIpc) is 2.74.